The van der Waals surface area contributed by atoms with Crippen molar-refractivity contribution >= 4 is 22.6 Å². The predicted octanol–water partition coefficient (Wildman–Crippen LogP) is 8.25. The summed E-state index contributed by atoms with van der Waals surface area (Å²) in [6.45, 7) is 10.6. The van der Waals surface area contributed by atoms with Crippen LogP contribution in [0.5, 0.6) is 5.75 Å². The zero-order valence-electron chi connectivity index (χ0n) is 19.1. The Bertz CT molecular complexity index is 891. The molecule has 2 saturated carbocycles. The molecule has 162 valence electrons. The summed E-state index contributed by atoms with van der Waals surface area (Å²) >= 11 is 0. The number of rotatable bonds is 7. The Labute approximate surface area is 183 Å². The topological polar surface area (TPSA) is 14.2 Å². The SMILES string of the molecule is C=C(C)c1c(/C=C\C)c2ccc(OCC3CCCCC3)cc2n1CC1CCCCC1. The molecule has 0 spiro atoms. The highest BCUT2D eigenvalue weighted by atomic mass is 16.5. The van der Waals surface area contributed by atoms with E-state index in [1.54, 1.807) is 0 Å². The molecule has 0 N–H and O–H groups in total. The highest BCUT2D eigenvalue weighted by molar-refractivity contribution is 5.96. The summed E-state index contributed by atoms with van der Waals surface area (Å²) in [6.07, 6.45) is 18.1. The molecule has 2 heteroatoms. The Balaban J connectivity index is 1.68. The second-order valence-corrected chi connectivity index (χ2v) is 9.65. The zero-order valence-corrected chi connectivity index (χ0v) is 19.1. The first-order valence-electron chi connectivity index (χ1n) is 12.2. The van der Waals surface area contributed by atoms with Crippen LogP contribution in [0.1, 0.15) is 89.3 Å². The summed E-state index contributed by atoms with van der Waals surface area (Å²) < 4.78 is 8.87. The first-order valence-corrected chi connectivity index (χ1v) is 12.2. The van der Waals surface area contributed by atoms with Gasteiger partial charge in [0, 0.05) is 23.6 Å². The lowest BCUT2D eigenvalue weighted by atomic mass is 9.89. The van der Waals surface area contributed by atoms with E-state index >= 15 is 0 Å². The maximum absolute atomic E-state index is 6.31. The van der Waals surface area contributed by atoms with Crippen molar-refractivity contribution in [2.24, 2.45) is 11.8 Å². The molecule has 30 heavy (non-hydrogen) atoms. The lowest BCUT2D eigenvalue weighted by Crippen LogP contribution is -2.16. The van der Waals surface area contributed by atoms with Gasteiger partial charge in [0.1, 0.15) is 5.75 Å². The van der Waals surface area contributed by atoms with Crippen LogP contribution in [-0.2, 0) is 6.54 Å². The van der Waals surface area contributed by atoms with Gasteiger partial charge in [0.05, 0.1) is 17.8 Å². The van der Waals surface area contributed by atoms with Crippen molar-refractivity contribution in [2.45, 2.75) is 84.6 Å². The summed E-state index contributed by atoms with van der Waals surface area (Å²) in [5.74, 6) is 2.53. The Hall–Kier alpha value is -1.96. The van der Waals surface area contributed by atoms with Crippen LogP contribution in [0.15, 0.2) is 30.9 Å². The largest absolute Gasteiger partial charge is 0.493 e. The van der Waals surface area contributed by atoms with Crippen LogP contribution < -0.4 is 4.74 Å². The van der Waals surface area contributed by atoms with E-state index < -0.39 is 0 Å². The summed E-state index contributed by atoms with van der Waals surface area (Å²) in [5, 5.41) is 1.33. The normalized spacial score (nSPS) is 19.0. The number of nitrogens with zero attached hydrogens (tertiary/aromatic N) is 1. The molecule has 2 aromatic rings. The zero-order chi connectivity index (χ0) is 20.9. The van der Waals surface area contributed by atoms with E-state index in [2.05, 4.69) is 55.3 Å². The lowest BCUT2D eigenvalue weighted by Gasteiger charge is -2.24. The molecular formula is C28H39NO. The number of allylic oxidation sites excluding steroid dienone is 2. The molecule has 0 aliphatic heterocycles. The van der Waals surface area contributed by atoms with E-state index in [9.17, 15) is 0 Å². The van der Waals surface area contributed by atoms with Gasteiger partial charge < -0.3 is 9.30 Å². The lowest BCUT2D eigenvalue weighted by molar-refractivity contribution is 0.209. The molecule has 2 aliphatic carbocycles. The number of aromatic nitrogens is 1. The molecular weight excluding hydrogens is 366 g/mol. The maximum atomic E-state index is 6.31. The fourth-order valence-electron chi connectivity index (χ4n) is 5.63. The summed E-state index contributed by atoms with van der Waals surface area (Å²) in [5.41, 5.74) is 5.08. The summed E-state index contributed by atoms with van der Waals surface area (Å²) in [4.78, 5) is 0. The van der Waals surface area contributed by atoms with E-state index in [0.29, 0.717) is 0 Å². The maximum Gasteiger partial charge on any atom is 0.121 e. The van der Waals surface area contributed by atoms with Crippen molar-refractivity contribution in [3.05, 3.63) is 42.1 Å². The smallest absolute Gasteiger partial charge is 0.121 e. The van der Waals surface area contributed by atoms with Crippen LogP contribution in [0.3, 0.4) is 0 Å². The second-order valence-electron chi connectivity index (χ2n) is 9.65. The molecule has 0 bridgehead atoms. The van der Waals surface area contributed by atoms with Gasteiger partial charge in [-0.3, -0.25) is 0 Å². The Morgan fingerprint density at radius 1 is 1.03 bits per heavy atom. The molecule has 0 atom stereocenters. The summed E-state index contributed by atoms with van der Waals surface area (Å²) in [6, 6.07) is 6.73. The van der Waals surface area contributed by atoms with Crippen LogP contribution >= 0.6 is 0 Å². The van der Waals surface area contributed by atoms with Gasteiger partial charge in [-0.2, -0.15) is 0 Å². The Morgan fingerprint density at radius 3 is 2.33 bits per heavy atom. The third kappa shape index (κ3) is 4.68. The molecule has 1 heterocycles. The molecule has 1 aromatic carbocycles. The third-order valence-electron chi connectivity index (χ3n) is 7.19. The first kappa shape index (κ1) is 21.3. The average molecular weight is 406 g/mol. The van der Waals surface area contributed by atoms with Gasteiger partial charge in [-0.05, 0) is 69.1 Å². The molecule has 0 saturated heterocycles. The van der Waals surface area contributed by atoms with Crippen molar-refractivity contribution < 1.29 is 4.74 Å². The van der Waals surface area contributed by atoms with E-state index in [4.69, 9.17) is 4.74 Å². The van der Waals surface area contributed by atoms with Crippen LogP contribution in [0.25, 0.3) is 22.6 Å². The molecule has 0 amide bonds. The van der Waals surface area contributed by atoms with E-state index in [0.717, 1.165) is 36.3 Å². The fraction of sp³-hybridized carbons (Fsp3) is 0.571. The van der Waals surface area contributed by atoms with Gasteiger partial charge in [-0.1, -0.05) is 57.3 Å². The predicted molar refractivity (Wildman–Crippen MR) is 130 cm³/mol. The van der Waals surface area contributed by atoms with Crippen LogP contribution in [-0.4, -0.2) is 11.2 Å². The molecule has 0 unspecified atom stereocenters. The van der Waals surface area contributed by atoms with Gasteiger partial charge >= 0.3 is 0 Å². The van der Waals surface area contributed by atoms with Crippen molar-refractivity contribution in [3.63, 3.8) is 0 Å². The van der Waals surface area contributed by atoms with E-state index in [1.165, 1.54) is 86.4 Å². The van der Waals surface area contributed by atoms with Gasteiger partial charge in [-0.25, -0.2) is 0 Å². The Kier molecular flexibility index (Phi) is 7.02. The minimum absolute atomic E-state index is 0.730. The van der Waals surface area contributed by atoms with Crippen LogP contribution in [0.4, 0.5) is 0 Å². The van der Waals surface area contributed by atoms with Crippen LogP contribution in [0.2, 0.25) is 0 Å². The monoisotopic (exact) mass is 405 g/mol. The van der Waals surface area contributed by atoms with E-state index in [1.807, 2.05) is 0 Å². The number of ether oxygens (including phenoxy) is 1. The van der Waals surface area contributed by atoms with Crippen molar-refractivity contribution in [1.29, 1.82) is 0 Å². The molecule has 0 radical (unpaired) electrons. The van der Waals surface area contributed by atoms with Crippen molar-refractivity contribution in [3.8, 4) is 5.75 Å². The average Bonchev–Trinajstić information content (AvgIpc) is 3.07. The van der Waals surface area contributed by atoms with Gasteiger partial charge in [0.15, 0.2) is 0 Å². The molecule has 2 nitrogen and oxygen atoms in total. The highest BCUT2D eigenvalue weighted by Crippen LogP contribution is 2.36. The quantitative estimate of drug-likeness (QED) is 0.452. The fourth-order valence-corrected chi connectivity index (χ4v) is 5.63. The third-order valence-corrected chi connectivity index (χ3v) is 7.19. The van der Waals surface area contributed by atoms with Gasteiger partial charge in [-0.15, -0.1) is 0 Å². The standard InChI is InChI=1S/C28H39NO/c1-4-11-26-25-17-16-24(30-20-23-14-9-6-10-15-23)18-27(25)29(28(26)21(2)3)19-22-12-7-5-8-13-22/h4,11,16-18,22-23H,2,5-10,12-15,19-20H2,1,3H3/b11-4-. The minimum Gasteiger partial charge on any atom is -0.493 e. The summed E-state index contributed by atoms with van der Waals surface area (Å²) in [7, 11) is 0. The van der Waals surface area contributed by atoms with E-state index in [-0.39, 0.29) is 0 Å². The van der Waals surface area contributed by atoms with Crippen LogP contribution in [0, 0.1) is 11.8 Å². The number of hydrogen-bond donors (Lipinski definition) is 0. The van der Waals surface area contributed by atoms with Gasteiger partial charge in [0.25, 0.3) is 0 Å². The van der Waals surface area contributed by atoms with Gasteiger partial charge in [0.2, 0.25) is 0 Å². The number of benzene rings is 1. The Morgan fingerprint density at radius 2 is 1.70 bits per heavy atom. The molecule has 2 aliphatic rings. The first-order chi connectivity index (χ1) is 14.7. The van der Waals surface area contributed by atoms with Crippen molar-refractivity contribution in [2.75, 3.05) is 6.61 Å². The molecule has 1 aromatic heterocycles. The molecule has 2 fully saturated rings. The molecule has 4 rings (SSSR count). The minimum atomic E-state index is 0.730. The number of hydrogen-bond acceptors (Lipinski definition) is 1. The highest BCUT2D eigenvalue weighted by Gasteiger charge is 2.21. The van der Waals surface area contributed by atoms with Crippen molar-refractivity contribution in [1.82, 2.24) is 4.57 Å². The second kappa shape index (κ2) is 9.90. The number of fused-ring (bicyclic) bond motifs is 1.